The molecule has 2 aliphatic heterocycles. The Kier molecular flexibility index (Phi) is 5.77. The number of nitrogens with zero attached hydrogens (tertiary/aromatic N) is 4. The molecule has 1 saturated carbocycles. The van der Waals surface area contributed by atoms with Gasteiger partial charge in [0.25, 0.3) is 0 Å². The first-order chi connectivity index (χ1) is 15.9. The molecule has 0 spiro atoms. The lowest BCUT2D eigenvalue weighted by Crippen LogP contribution is -2.52. The van der Waals surface area contributed by atoms with Crippen LogP contribution in [0.4, 0.5) is 11.5 Å². The summed E-state index contributed by atoms with van der Waals surface area (Å²) in [6.45, 7) is 2.14. The van der Waals surface area contributed by atoms with E-state index < -0.39 is 15.1 Å². The molecule has 0 radical (unpaired) electrons. The number of hydrogen-bond donors (Lipinski definition) is 1. The third-order valence-electron chi connectivity index (χ3n) is 6.70. The molecule has 1 N–H and O–H groups in total. The van der Waals surface area contributed by atoms with E-state index in [1.807, 2.05) is 21.9 Å². The first-order valence-corrected chi connectivity index (χ1v) is 12.9. The van der Waals surface area contributed by atoms with Crippen molar-refractivity contribution < 1.29 is 18.0 Å². The summed E-state index contributed by atoms with van der Waals surface area (Å²) >= 11 is 0. The second kappa shape index (κ2) is 8.74. The number of rotatable bonds is 6. The van der Waals surface area contributed by atoms with E-state index in [0.717, 1.165) is 18.7 Å². The molecule has 0 unspecified atom stereocenters. The zero-order chi connectivity index (χ0) is 23.0. The summed E-state index contributed by atoms with van der Waals surface area (Å²) in [6, 6.07) is 10.0. The van der Waals surface area contributed by atoms with Crippen LogP contribution in [0, 0.1) is 11.8 Å². The minimum absolute atomic E-state index is 0.0987. The lowest BCUT2D eigenvalue weighted by Gasteiger charge is -2.38. The Hall–Kier alpha value is -3.01. The number of aromatic nitrogens is 2. The Bertz CT molecular complexity index is 1120. The summed E-state index contributed by atoms with van der Waals surface area (Å²) in [5, 5.41) is 10.3. The van der Waals surface area contributed by atoms with Gasteiger partial charge in [0.15, 0.2) is 15.7 Å². The molecular formula is C23H27N5O4S. The van der Waals surface area contributed by atoms with Gasteiger partial charge in [0.05, 0.1) is 16.1 Å². The molecule has 0 atom stereocenters. The second-order valence-corrected chi connectivity index (χ2v) is 11.3. The molecule has 2 amide bonds. The quantitative estimate of drug-likeness (QED) is 0.685. The van der Waals surface area contributed by atoms with Crippen LogP contribution in [-0.4, -0.2) is 66.8 Å². The molecule has 2 aromatic rings. The first kappa shape index (κ1) is 21.8. The molecule has 174 valence electrons. The van der Waals surface area contributed by atoms with Crippen LogP contribution in [0.3, 0.4) is 0 Å². The second-order valence-electron chi connectivity index (χ2n) is 9.04. The van der Waals surface area contributed by atoms with Crippen molar-refractivity contribution in [2.45, 2.75) is 35.8 Å². The number of likely N-dealkylation sites (tertiary alicyclic amines) is 1. The molecule has 0 bridgehead atoms. The predicted molar refractivity (Wildman–Crippen MR) is 122 cm³/mol. The minimum atomic E-state index is -3.48. The molecule has 1 aromatic carbocycles. The number of nitrogens with one attached hydrogen (secondary N) is 1. The summed E-state index contributed by atoms with van der Waals surface area (Å²) in [6.07, 6.45) is 4.45. The van der Waals surface area contributed by atoms with Crippen LogP contribution in [0.2, 0.25) is 0 Å². The standard InChI is InChI=1S/C23H27N5O4S/c29-22(17-14-28(15-17)21-2-1-11-24-26-21)25-18-5-7-19(8-6-18)33(31,32)20-9-12-27(13-10-20)23(30)16-3-4-16/h1-2,5-8,11,16-17,20H,3-4,9-10,12-15H2,(H,25,29). The van der Waals surface area contributed by atoms with Gasteiger partial charge in [0.1, 0.15) is 0 Å². The van der Waals surface area contributed by atoms with Crippen LogP contribution < -0.4 is 10.2 Å². The first-order valence-electron chi connectivity index (χ1n) is 11.4. The third kappa shape index (κ3) is 4.57. The van der Waals surface area contributed by atoms with Gasteiger partial charge in [-0.3, -0.25) is 9.59 Å². The smallest absolute Gasteiger partial charge is 0.231 e. The summed E-state index contributed by atoms with van der Waals surface area (Å²) < 4.78 is 26.1. The maximum absolute atomic E-state index is 13.1. The summed E-state index contributed by atoms with van der Waals surface area (Å²) in [5.74, 6) is 0.837. The Balaban J connectivity index is 1.14. The van der Waals surface area contributed by atoms with Gasteiger partial charge in [-0.05, 0) is 62.1 Å². The monoisotopic (exact) mass is 469 g/mol. The van der Waals surface area contributed by atoms with Crippen LogP contribution in [0.25, 0.3) is 0 Å². The highest BCUT2D eigenvalue weighted by atomic mass is 32.2. The van der Waals surface area contributed by atoms with E-state index in [0.29, 0.717) is 44.7 Å². The Labute approximate surface area is 193 Å². The van der Waals surface area contributed by atoms with Crippen LogP contribution in [0.15, 0.2) is 47.5 Å². The van der Waals surface area contributed by atoms with Crippen molar-refractivity contribution in [3.8, 4) is 0 Å². The largest absolute Gasteiger partial charge is 0.353 e. The molecule has 1 aliphatic carbocycles. The Morgan fingerprint density at radius 1 is 0.939 bits per heavy atom. The van der Waals surface area contributed by atoms with Gasteiger partial charge in [0, 0.05) is 44.0 Å². The lowest BCUT2D eigenvalue weighted by molar-refractivity contribution is -0.133. The Morgan fingerprint density at radius 2 is 1.64 bits per heavy atom. The number of sulfone groups is 1. The molecule has 1 aromatic heterocycles. The van der Waals surface area contributed by atoms with E-state index in [1.54, 1.807) is 30.5 Å². The van der Waals surface area contributed by atoms with Gasteiger partial charge >= 0.3 is 0 Å². The van der Waals surface area contributed by atoms with Crippen molar-refractivity contribution in [1.82, 2.24) is 15.1 Å². The normalized spacial score (nSPS) is 19.8. The number of piperidine rings is 1. The van der Waals surface area contributed by atoms with E-state index in [-0.39, 0.29) is 28.5 Å². The van der Waals surface area contributed by atoms with Crippen LogP contribution in [-0.2, 0) is 19.4 Å². The van der Waals surface area contributed by atoms with Crippen molar-refractivity contribution in [3.05, 3.63) is 42.6 Å². The van der Waals surface area contributed by atoms with Crippen molar-refractivity contribution in [2.75, 3.05) is 36.4 Å². The van der Waals surface area contributed by atoms with E-state index in [2.05, 4.69) is 15.5 Å². The highest BCUT2D eigenvalue weighted by molar-refractivity contribution is 7.92. The molecule has 3 heterocycles. The molecule has 9 nitrogen and oxygen atoms in total. The topological polar surface area (TPSA) is 113 Å². The molecular weight excluding hydrogens is 442 g/mol. The summed E-state index contributed by atoms with van der Waals surface area (Å²) in [5.41, 5.74) is 0.571. The molecule has 3 aliphatic rings. The van der Waals surface area contributed by atoms with Crippen LogP contribution in [0.1, 0.15) is 25.7 Å². The maximum atomic E-state index is 13.1. The van der Waals surface area contributed by atoms with Crippen molar-refractivity contribution >= 4 is 33.2 Å². The van der Waals surface area contributed by atoms with Crippen LogP contribution >= 0.6 is 0 Å². The molecule has 3 fully saturated rings. The molecule has 5 rings (SSSR count). The van der Waals surface area contributed by atoms with E-state index >= 15 is 0 Å². The number of benzene rings is 1. The fraction of sp³-hybridized carbons (Fsp3) is 0.478. The maximum Gasteiger partial charge on any atom is 0.231 e. The predicted octanol–water partition coefficient (Wildman–Crippen LogP) is 1.73. The van der Waals surface area contributed by atoms with Gasteiger partial charge in [-0.15, -0.1) is 5.10 Å². The zero-order valence-electron chi connectivity index (χ0n) is 18.3. The van der Waals surface area contributed by atoms with Gasteiger partial charge in [-0.1, -0.05) is 0 Å². The average molecular weight is 470 g/mol. The van der Waals surface area contributed by atoms with E-state index in [9.17, 15) is 18.0 Å². The number of anilines is 2. The third-order valence-corrected chi connectivity index (χ3v) is 8.98. The van der Waals surface area contributed by atoms with Crippen molar-refractivity contribution in [1.29, 1.82) is 0 Å². The zero-order valence-corrected chi connectivity index (χ0v) is 19.1. The molecule has 10 heteroatoms. The van der Waals surface area contributed by atoms with E-state index in [1.165, 1.54) is 0 Å². The number of carbonyl (C=O) groups is 2. The fourth-order valence-electron chi connectivity index (χ4n) is 4.43. The molecule has 33 heavy (non-hydrogen) atoms. The van der Waals surface area contributed by atoms with Crippen LogP contribution in [0.5, 0.6) is 0 Å². The fourth-order valence-corrected chi connectivity index (χ4v) is 6.16. The summed E-state index contributed by atoms with van der Waals surface area (Å²) in [7, 11) is -3.48. The summed E-state index contributed by atoms with van der Waals surface area (Å²) in [4.78, 5) is 28.8. The number of carbonyl (C=O) groups excluding carboxylic acids is 2. The van der Waals surface area contributed by atoms with Gasteiger partial charge in [-0.25, -0.2) is 8.42 Å². The SMILES string of the molecule is O=C(Nc1ccc(S(=O)(=O)C2CCN(C(=O)C3CC3)CC2)cc1)C1CN(c2cccnn2)C1. The van der Waals surface area contributed by atoms with Gasteiger partial charge in [-0.2, -0.15) is 5.10 Å². The Morgan fingerprint density at radius 3 is 2.24 bits per heavy atom. The van der Waals surface area contributed by atoms with Gasteiger partial charge in [0.2, 0.25) is 11.8 Å². The number of hydrogen-bond acceptors (Lipinski definition) is 7. The van der Waals surface area contributed by atoms with Gasteiger partial charge < -0.3 is 15.1 Å². The number of amides is 2. The lowest BCUT2D eigenvalue weighted by atomic mass is 9.99. The average Bonchev–Trinajstić information content (AvgIpc) is 3.64. The molecule has 2 saturated heterocycles. The minimum Gasteiger partial charge on any atom is -0.353 e. The van der Waals surface area contributed by atoms with Crippen molar-refractivity contribution in [3.63, 3.8) is 0 Å². The highest BCUT2D eigenvalue weighted by Gasteiger charge is 2.38. The highest BCUT2D eigenvalue weighted by Crippen LogP contribution is 2.33. The van der Waals surface area contributed by atoms with E-state index in [4.69, 9.17) is 0 Å². The van der Waals surface area contributed by atoms with Crippen molar-refractivity contribution in [2.24, 2.45) is 11.8 Å².